The second-order valence-corrected chi connectivity index (χ2v) is 7.86. The number of rotatable bonds is 7. The number of benzene rings is 1. The van der Waals surface area contributed by atoms with Crippen molar-refractivity contribution in [1.82, 2.24) is 10.6 Å². The first-order chi connectivity index (χ1) is 11.4. The molecule has 0 spiro atoms. The van der Waals surface area contributed by atoms with Crippen LogP contribution in [0.3, 0.4) is 0 Å². The zero-order valence-electron chi connectivity index (χ0n) is 13.6. The van der Waals surface area contributed by atoms with E-state index in [2.05, 4.69) is 15.4 Å². The van der Waals surface area contributed by atoms with Gasteiger partial charge in [-0.25, -0.2) is 8.42 Å². The van der Waals surface area contributed by atoms with Crippen LogP contribution >= 0.6 is 0 Å². The van der Waals surface area contributed by atoms with E-state index in [4.69, 9.17) is 0 Å². The first-order valence-electron chi connectivity index (χ1n) is 7.76. The fourth-order valence-electron chi connectivity index (χ4n) is 2.52. The Kier molecular flexibility index (Phi) is 6.33. The molecule has 1 fully saturated rings. The molecule has 1 amide bonds. The van der Waals surface area contributed by atoms with Crippen LogP contribution in [0.4, 0.5) is 0 Å². The maximum Gasteiger partial charge on any atom is 0.320 e. The van der Waals surface area contributed by atoms with Crippen molar-refractivity contribution in [2.75, 3.05) is 19.4 Å². The smallest absolute Gasteiger partial charge is 0.320 e. The molecule has 1 aliphatic heterocycles. The first kappa shape index (κ1) is 18.4. The van der Waals surface area contributed by atoms with Crippen LogP contribution in [-0.2, 0) is 36.5 Å². The van der Waals surface area contributed by atoms with Crippen molar-refractivity contribution in [3.8, 4) is 0 Å². The third-order valence-corrected chi connectivity index (χ3v) is 5.27. The summed E-state index contributed by atoms with van der Waals surface area (Å²) in [5.41, 5.74) is 1.47. The average Bonchev–Trinajstić information content (AvgIpc) is 3.07. The minimum absolute atomic E-state index is 0.0165. The summed E-state index contributed by atoms with van der Waals surface area (Å²) in [5, 5.41) is 5.99. The molecule has 24 heavy (non-hydrogen) atoms. The zero-order chi connectivity index (χ0) is 17.6. The van der Waals surface area contributed by atoms with E-state index >= 15 is 0 Å². The number of esters is 1. The van der Waals surface area contributed by atoms with E-state index in [1.54, 1.807) is 24.3 Å². The van der Waals surface area contributed by atoms with Gasteiger partial charge >= 0.3 is 5.97 Å². The molecule has 1 heterocycles. The number of ether oxygens (including phenoxy) is 1. The number of nitrogens with one attached hydrogen (secondary N) is 2. The number of hydrogen-bond donors (Lipinski definition) is 2. The number of methoxy groups -OCH3 is 1. The van der Waals surface area contributed by atoms with Crippen LogP contribution < -0.4 is 10.6 Å². The molecular weight excluding hydrogens is 332 g/mol. The average molecular weight is 354 g/mol. The molecule has 1 saturated heterocycles. The lowest BCUT2D eigenvalue weighted by Gasteiger charge is -2.11. The molecule has 0 bridgehead atoms. The first-order valence-corrected chi connectivity index (χ1v) is 9.58. The summed E-state index contributed by atoms with van der Waals surface area (Å²) >= 11 is 0. The summed E-state index contributed by atoms with van der Waals surface area (Å²) in [4.78, 5) is 23.0. The van der Waals surface area contributed by atoms with Gasteiger partial charge in [0.25, 0.3) is 0 Å². The Bertz CT molecular complexity index is 679. The van der Waals surface area contributed by atoms with Crippen LogP contribution in [0, 0.1) is 0 Å². The fourth-order valence-corrected chi connectivity index (χ4v) is 3.80. The Morgan fingerprint density at radius 3 is 2.50 bits per heavy atom. The predicted octanol–water partition coefficient (Wildman–Crippen LogP) is 0.143. The van der Waals surface area contributed by atoms with Crippen LogP contribution in [0.5, 0.6) is 0 Å². The molecule has 1 aromatic carbocycles. The normalized spacial score (nSPS) is 17.5. The lowest BCUT2D eigenvalue weighted by Crippen LogP contribution is -2.39. The van der Waals surface area contributed by atoms with E-state index in [0.29, 0.717) is 12.1 Å². The lowest BCUT2D eigenvalue weighted by atomic mass is 10.1. The summed E-state index contributed by atoms with van der Waals surface area (Å²) in [7, 11) is -2.39. The van der Waals surface area contributed by atoms with Gasteiger partial charge in [0.2, 0.25) is 5.91 Å². The molecular formula is C16H22N2O5S. The monoisotopic (exact) mass is 354 g/mol. The summed E-state index contributed by atoms with van der Waals surface area (Å²) in [6, 6.07) is 6.79. The largest absolute Gasteiger partial charge is 0.468 e. The standard InChI is InChI=1S/C16H22N2O5S/c1-23-15(19)11-24(21,22)10-13-6-4-12(5-7-13)9-18-16(20)14-3-2-8-17-14/h4-7,14,17H,2-3,8-11H2,1H3,(H,18,20). The second kappa shape index (κ2) is 8.25. The zero-order valence-corrected chi connectivity index (χ0v) is 14.4. The van der Waals surface area contributed by atoms with E-state index in [9.17, 15) is 18.0 Å². The molecule has 0 radical (unpaired) electrons. The van der Waals surface area contributed by atoms with Gasteiger partial charge in [0, 0.05) is 6.54 Å². The molecule has 7 nitrogen and oxygen atoms in total. The molecule has 1 aromatic rings. The van der Waals surface area contributed by atoms with Gasteiger partial charge in [-0.2, -0.15) is 0 Å². The molecule has 1 atom stereocenters. The SMILES string of the molecule is COC(=O)CS(=O)(=O)Cc1ccc(CNC(=O)C2CCCN2)cc1. The van der Waals surface area contributed by atoms with Crippen molar-refractivity contribution >= 4 is 21.7 Å². The van der Waals surface area contributed by atoms with Gasteiger partial charge in [-0.1, -0.05) is 24.3 Å². The van der Waals surface area contributed by atoms with Crippen LogP contribution in [0.2, 0.25) is 0 Å². The molecule has 1 aliphatic rings. The van der Waals surface area contributed by atoms with Gasteiger partial charge < -0.3 is 15.4 Å². The Hall–Kier alpha value is -1.93. The maximum absolute atomic E-state index is 11.9. The summed E-state index contributed by atoms with van der Waals surface area (Å²) in [5.74, 6) is -1.64. The van der Waals surface area contributed by atoms with Gasteiger partial charge in [-0.3, -0.25) is 9.59 Å². The van der Waals surface area contributed by atoms with Crippen molar-refractivity contribution < 1.29 is 22.7 Å². The third kappa shape index (κ3) is 5.61. The molecule has 2 rings (SSSR count). The third-order valence-electron chi connectivity index (χ3n) is 3.82. The maximum atomic E-state index is 11.9. The summed E-state index contributed by atoms with van der Waals surface area (Å²) in [6.07, 6.45) is 1.86. The Balaban J connectivity index is 1.86. The molecule has 0 saturated carbocycles. The Morgan fingerprint density at radius 2 is 1.92 bits per heavy atom. The highest BCUT2D eigenvalue weighted by Gasteiger charge is 2.21. The van der Waals surface area contributed by atoms with Crippen molar-refractivity contribution in [3.63, 3.8) is 0 Å². The van der Waals surface area contributed by atoms with Crippen molar-refractivity contribution in [2.45, 2.75) is 31.2 Å². The van der Waals surface area contributed by atoms with Crippen molar-refractivity contribution in [3.05, 3.63) is 35.4 Å². The Morgan fingerprint density at radius 1 is 1.25 bits per heavy atom. The number of amides is 1. The van der Waals surface area contributed by atoms with Crippen molar-refractivity contribution in [2.24, 2.45) is 0 Å². The van der Waals surface area contributed by atoms with Gasteiger partial charge in [0.1, 0.15) is 5.75 Å². The van der Waals surface area contributed by atoms with E-state index in [-0.39, 0.29) is 17.7 Å². The van der Waals surface area contributed by atoms with Gasteiger partial charge in [0.05, 0.1) is 18.9 Å². The molecule has 132 valence electrons. The Labute approximate surface area is 141 Å². The molecule has 2 N–H and O–H groups in total. The number of hydrogen-bond acceptors (Lipinski definition) is 6. The highest BCUT2D eigenvalue weighted by Crippen LogP contribution is 2.10. The van der Waals surface area contributed by atoms with E-state index in [0.717, 1.165) is 32.1 Å². The van der Waals surface area contributed by atoms with Crippen molar-refractivity contribution in [1.29, 1.82) is 0 Å². The van der Waals surface area contributed by atoms with Crippen LogP contribution in [0.25, 0.3) is 0 Å². The molecule has 0 aliphatic carbocycles. The minimum atomic E-state index is -3.55. The van der Waals surface area contributed by atoms with E-state index in [1.165, 1.54) is 0 Å². The van der Waals surface area contributed by atoms with E-state index < -0.39 is 21.6 Å². The summed E-state index contributed by atoms with van der Waals surface area (Å²) < 4.78 is 28.1. The van der Waals surface area contributed by atoms with E-state index in [1.807, 2.05) is 0 Å². The number of carbonyl (C=O) groups excluding carboxylic acids is 2. The molecule has 8 heteroatoms. The summed E-state index contributed by atoms with van der Waals surface area (Å²) in [6.45, 7) is 1.26. The highest BCUT2D eigenvalue weighted by atomic mass is 32.2. The van der Waals surface area contributed by atoms with Gasteiger partial charge in [-0.05, 0) is 30.5 Å². The van der Waals surface area contributed by atoms with Crippen LogP contribution in [0.1, 0.15) is 24.0 Å². The highest BCUT2D eigenvalue weighted by molar-refractivity contribution is 7.91. The van der Waals surface area contributed by atoms with Crippen LogP contribution in [0.15, 0.2) is 24.3 Å². The second-order valence-electron chi connectivity index (χ2n) is 5.79. The molecule has 0 aromatic heterocycles. The minimum Gasteiger partial charge on any atom is -0.468 e. The quantitative estimate of drug-likeness (QED) is 0.676. The predicted molar refractivity (Wildman–Crippen MR) is 88.8 cm³/mol. The topological polar surface area (TPSA) is 102 Å². The van der Waals surface area contributed by atoms with Gasteiger partial charge in [0.15, 0.2) is 9.84 Å². The fraction of sp³-hybridized carbons (Fsp3) is 0.500. The lowest BCUT2D eigenvalue weighted by molar-refractivity contribution is -0.137. The van der Waals surface area contributed by atoms with Gasteiger partial charge in [-0.15, -0.1) is 0 Å². The number of sulfone groups is 1. The van der Waals surface area contributed by atoms with Crippen LogP contribution in [-0.4, -0.2) is 45.7 Å². The number of carbonyl (C=O) groups is 2. The molecule has 1 unspecified atom stereocenters.